The van der Waals surface area contributed by atoms with Crippen molar-refractivity contribution in [2.24, 2.45) is 0 Å². The number of fused-ring (bicyclic) bond motifs is 8. The van der Waals surface area contributed by atoms with E-state index in [-0.39, 0.29) is 5.41 Å². The van der Waals surface area contributed by atoms with Gasteiger partial charge in [-0.3, -0.25) is 0 Å². The van der Waals surface area contributed by atoms with Gasteiger partial charge in [0.05, 0.1) is 22.4 Å². The van der Waals surface area contributed by atoms with Gasteiger partial charge in [-0.2, -0.15) is 0 Å². The molecule has 4 heteroatoms. The minimum absolute atomic E-state index is 0.271. The van der Waals surface area contributed by atoms with Gasteiger partial charge in [0.15, 0.2) is 11.4 Å². The molecule has 0 spiro atoms. The number of aromatic nitrogens is 3. The molecule has 10 aromatic rings. The molecular formula is C49H33N3O. The van der Waals surface area contributed by atoms with E-state index in [2.05, 4.69) is 176 Å². The van der Waals surface area contributed by atoms with Gasteiger partial charge in [-0.1, -0.05) is 123 Å². The van der Waals surface area contributed by atoms with Crippen molar-refractivity contribution in [1.29, 1.82) is 0 Å². The highest BCUT2D eigenvalue weighted by Gasteiger charge is 2.36. The van der Waals surface area contributed by atoms with Crippen molar-refractivity contribution in [3.63, 3.8) is 0 Å². The molecule has 0 fully saturated rings. The molecule has 11 rings (SSSR count). The molecular weight excluding hydrogens is 647 g/mol. The van der Waals surface area contributed by atoms with Crippen LogP contribution in [0.5, 0.6) is 0 Å². The SMILES string of the molecule is CC1(C)c2cc(-c3nc(-c4cc(-c5ccccc5)cc(-c5ccccc5)c4)nc4ccccc34)ccc2-n2c3c1cccc3c1oc3ccccc3c12. The molecule has 3 aromatic heterocycles. The Balaban J connectivity index is 1.15. The highest BCUT2D eigenvalue weighted by Crippen LogP contribution is 2.50. The Labute approximate surface area is 306 Å². The third kappa shape index (κ3) is 4.42. The predicted octanol–water partition coefficient (Wildman–Crippen LogP) is 12.8. The summed E-state index contributed by atoms with van der Waals surface area (Å²) < 4.78 is 8.98. The smallest absolute Gasteiger partial charge is 0.161 e. The molecule has 4 heterocycles. The van der Waals surface area contributed by atoms with Gasteiger partial charge in [0, 0.05) is 32.7 Å². The van der Waals surface area contributed by atoms with E-state index in [9.17, 15) is 0 Å². The average molecular weight is 680 g/mol. The van der Waals surface area contributed by atoms with Gasteiger partial charge in [0.1, 0.15) is 11.1 Å². The Bertz CT molecular complexity index is 3020. The second-order valence-electron chi connectivity index (χ2n) is 14.6. The van der Waals surface area contributed by atoms with Gasteiger partial charge < -0.3 is 8.98 Å². The molecule has 0 saturated heterocycles. The van der Waals surface area contributed by atoms with E-state index in [0.717, 1.165) is 77.4 Å². The van der Waals surface area contributed by atoms with E-state index in [0.29, 0.717) is 5.82 Å². The average Bonchev–Trinajstić information content (AvgIpc) is 3.75. The fraction of sp³-hybridized carbons (Fsp3) is 0.0612. The van der Waals surface area contributed by atoms with Crippen molar-refractivity contribution in [2.45, 2.75) is 19.3 Å². The maximum atomic E-state index is 6.55. The van der Waals surface area contributed by atoms with Crippen molar-refractivity contribution in [3.05, 3.63) is 175 Å². The van der Waals surface area contributed by atoms with Crippen molar-refractivity contribution >= 4 is 43.9 Å². The van der Waals surface area contributed by atoms with E-state index < -0.39 is 0 Å². The Hall–Kier alpha value is -6.78. The van der Waals surface area contributed by atoms with Gasteiger partial charge in [0.2, 0.25) is 0 Å². The summed E-state index contributed by atoms with van der Waals surface area (Å²) in [6, 6.07) is 58.1. The number of para-hydroxylation sites is 3. The molecule has 250 valence electrons. The first-order chi connectivity index (χ1) is 26.0. The molecule has 1 aliphatic heterocycles. The molecule has 7 aromatic carbocycles. The molecule has 53 heavy (non-hydrogen) atoms. The van der Waals surface area contributed by atoms with Gasteiger partial charge >= 0.3 is 0 Å². The van der Waals surface area contributed by atoms with Crippen LogP contribution in [0.4, 0.5) is 0 Å². The molecule has 0 aliphatic carbocycles. The van der Waals surface area contributed by atoms with Crippen molar-refractivity contribution in [1.82, 2.24) is 14.5 Å². The summed E-state index contributed by atoms with van der Waals surface area (Å²) in [6.07, 6.45) is 0. The van der Waals surface area contributed by atoms with E-state index in [1.807, 2.05) is 6.07 Å². The molecule has 4 nitrogen and oxygen atoms in total. The zero-order valence-corrected chi connectivity index (χ0v) is 29.3. The minimum Gasteiger partial charge on any atom is -0.454 e. The van der Waals surface area contributed by atoms with Crippen LogP contribution in [0, 0.1) is 0 Å². The van der Waals surface area contributed by atoms with Crippen LogP contribution in [0.3, 0.4) is 0 Å². The van der Waals surface area contributed by atoms with Gasteiger partial charge in [-0.15, -0.1) is 0 Å². The van der Waals surface area contributed by atoms with Gasteiger partial charge in [-0.05, 0) is 88.0 Å². The summed E-state index contributed by atoms with van der Waals surface area (Å²) >= 11 is 0. The molecule has 0 amide bonds. The van der Waals surface area contributed by atoms with E-state index in [4.69, 9.17) is 14.4 Å². The molecule has 0 saturated carbocycles. The Morgan fingerprint density at radius 1 is 0.472 bits per heavy atom. The largest absolute Gasteiger partial charge is 0.454 e. The molecule has 0 radical (unpaired) electrons. The van der Waals surface area contributed by atoms with E-state index >= 15 is 0 Å². The van der Waals surface area contributed by atoms with E-state index in [1.165, 1.54) is 22.3 Å². The Kier molecular flexibility index (Phi) is 6.27. The third-order valence-corrected chi connectivity index (χ3v) is 11.2. The number of furan rings is 1. The molecule has 0 atom stereocenters. The first-order valence-corrected chi connectivity index (χ1v) is 18.2. The first-order valence-electron chi connectivity index (χ1n) is 18.2. The predicted molar refractivity (Wildman–Crippen MR) is 218 cm³/mol. The summed E-state index contributed by atoms with van der Waals surface area (Å²) in [5.74, 6) is 0.703. The minimum atomic E-state index is -0.271. The van der Waals surface area contributed by atoms with Gasteiger partial charge in [-0.25, -0.2) is 9.97 Å². The highest BCUT2D eigenvalue weighted by atomic mass is 16.3. The Morgan fingerprint density at radius 3 is 1.87 bits per heavy atom. The monoisotopic (exact) mass is 679 g/mol. The highest BCUT2D eigenvalue weighted by molar-refractivity contribution is 6.18. The standard InChI is InChI=1S/C49H33N3O/c1-49(2)39-21-13-20-38-45(39)52(46-37-19-10-12-23-43(37)53-47(38)46)42-25-24-32(29-40(42)49)44-36-18-9-11-22-41(36)50-48(51-44)35-27-33(30-14-5-3-6-15-30)26-34(28-35)31-16-7-4-8-17-31/h3-29H,1-2H3. The second-order valence-corrected chi connectivity index (χ2v) is 14.6. The normalized spacial score (nSPS) is 13.2. The molecule has 0 unspecified atom stereocenters. The van der Waals surface area contributed by atoms with Crippen LogP contribution in [0.25, 0.3) is 94.5 Å². The molecule has 0 bridgehead atoms. The van der Waals surface area contributed by atoms with Crippen LogP contribution in [0.2, 0.25) is 0 Å². The Morgan fingerprint density at radius 2 is 1.11 bits per heavy atom. The molecule has 0 N–H and O–H groups in total. The van der Waals surface area contributed by atoms with Crippen LogP contribution >= 0.6 is 0 Å². The zero-order chi connectivity index (χ0) is 35.3. The van der Waals surface area contributed by atoms with Gasteiger partial charge in [0.25, 0.3) is 0 Å². The summed E-state index contributed by atoms with van der Waals surface area (Å²) in [5.41, 5.74) is 16.1. The fourth-order valence-electron chi connectivity index (χ4n) is 8.56. The number of benzene rings is 7. The van der Waals surface area contributed by atoms with Crippen LogP contribution in [0.15, 0.2) is 168 Å². The number of rotatable bonds is 4. The fourth-order valence-corrected chi connectivity index (χ4v) is 8.56. The van der Waals surface area contributed by atoms with Crippen LogP contribution in [-0.4, -0.2) is 14.5 Å². The van der Waals surface area contributed by atoms with E-state index in [1.54, 1.807) is 0 Å². The second kappa shape index (κ2) is 11.1. The number of nitrogens with zero attached hydrogens (tertiary/aromatic N) is 3. The number of hydrogen-bond acceptors (Lipinski definition) is 3. The lowest BCUT2D eigenvalue weighted by atomic mass is 9.74. The summed E-state index contributed by atoms with van der Waals surface area (Å²) in [7, 11) is 0. The van der Waals surface area contributed by atoms with Crippen molar-refractivity contribution < 1.29 is 4.42 Å². The topological polar surface area (TPSA) is 43.9 Å². The lowest BCUT2D eigenvalue weighted by molar-refractivity contribution is 0.630. The number of hydrogen-bond donors (Lipinski definition) is 0. The van der Waals surface area contributed by atoms with Crippen LogP contribution in [0.1, 0.15) is 25.0 Å². The molecule has 1 aliphatic rings. The third-order valence-electron chi connectivity index (χ3n) is 11.2. The summed E-state index contributed by atoms with van der Waals surface area (Å²) in [4.78, 5) is 10.6. The maximum Gasteiger partial charge on any atom is 0.161 e. The van der Waals surface area contributed by atoms with Crippen LogP contribution < -0.4 is 0 Å². The van der Waals surface area contributed by atoms with Crippen molar-refractivity contribution in [2.75, 3.05) is 0 Å². The van der Waals surface area contributed by atoms with Crippen molar-refractivity contribution in [3.8, 4) is 50.6 Å². The zero-order valence-electron chi connectivity index (χ0n) is 29.3. The van der Waals surface area contributed by atoms with Crippen LogP contribution in [-0.2, 0) is 5.41 Å². The summed E-state index contributed by atoms with van der Waals surface area (Å²) in [5, 5.41) is 3.30. The quantitative estimate of drug-likeness (QED) is 0.186. The lowest BCUT2D eigenvalue weighted by Crippen LogP contribution is -2.26. The summed E-state index contributed by atoms with van der Waals surface area (Å²) in [6.45, 7) is 4.68. The lowest BCUT2D eigenvalue weighted by Gasteiger charge is -2.35. The first kappa shape index (κ1) is 29.9. The maximum absolute atomic E-state index is 6.55.